The number of rotatable bonds is 8. The molecular weight excluding hydrogens is 426 g/mol. The number of nitrogens with zero attached hydrogens (tertiary/aromatic N) is 4. The molecule has 10 nitrogen and oxygen atoms in total. The van der Waals surface area contributed by atoms with Crippen molar-refractivity contribution in [2.75, 3.05) is 26.6 Å². The lowest BCUT2D eigenvalue weighted by Crippen LogP contribution is -2.41. The molecule has 2 aromatic carbocycles. The molecule has 3 aliphatic heterocycles. The molecule has 0 aliphatic carbocycles. The first-order valence-electron chi connectivity index (χ1n) is 11.2. The number of aromatic nitrogens is 4. The average Bonchev–Trinajstić information content (AvgIpc) is 3.62. The van der Waals surface area contributed by atoms with Gasteiger partial charge < -0.3 is 29.0 Å². The Bertz CT molecular complexity index is 1090. The van der Waals surface area contributed by atoms with Gasteiger partial charge in [0.1, 0.15) is 24.0 Å². The SMILES string of the molecule is c1ccc(CCCN[C@H]2CO[C@H]3[C@@H]2OC[C@@H]3n2nnnc2Oc2ccc3c(c2)OCO3)cc1. The van der Waals surface area contributed by atoms with Crippen molar-refractivity contribution in [2.24, 2.45) is 0 Å². The maximum Gasteiger partial charge on any atom is 0.341 e. The molecule has 0 amide bonds. The minimum Gasteiger partial charge on any atom is -0.454 e. The minimum absolute atomic E-state index is 0.0469. The Morgan fingerprint density at radius 1 is 1.00 bits per heavy atom. The average molecular weight is 451 g/mol. The molecule has 3 aliphatic rings. The lowest BCUT2D eigenvalue weighted by Gasteiger charge is -2.18. The first-order chi connectivity index (χ1) is 16.3. The number of fused-ring (bicyclic) bond motifs is 2. The maximum absolute atomic E-state index is 6.11. The van der Waals surface area contributed by atoms with Crippen molar-refractivity contribution in [1.82, 2.24) is 25.5 Å². The number of hydrogen-bond donors (Lipinski definition) is 1. The molecule has 4 atom stereocenters. The van der Waals surface area contributed by atoms with Crippen LogP contribution in [0.3, 0.4) is 0 Å². The van der Waals surface area contributed by atoms with Crippen LogP contribution in [0.4, 0.5) is 0 Å². The fourth-order valence-electron chi connectivity index (χ4n) is 4.60. The second-order valence-electron chi connectivity index (χ2n) is 8.34. The van der Waals surface area contributed by atoms with Crippen LogP contribution in [-0.4, -0.2) is 65.0 Å². The summed E-state index contributed by atoms with van der Waals surface area (Å²) in [6.07, 6.45) is 1.92. The monoisotopic (exact) mass is 451 g/mol. The number of benzene rings is 2. The maximum atomic E-state index is 6.11. The molecule has 4 heterocycles. The number of ether oxygens (including phenoxy) is 5. The Labute approximate surface area is 190 Å². The summed E-state index contributed by atoms with van der Waals surface area (Å²) in [5, 5.41) is 15.6. The predicted molar refractivity (Wildman–Crippen MR) is 116 cm³/mol. The number of hydrogen-bond acceptors (Lipinski definition) is 9. The highest BCUT2D eigenvalue weighted by molar-refractivity contribution is 5.47. The van der Waals surface area contributed by atoms with Gasteiger partial charge in [-0.3, -0.25) is 0 Å². The molecular formula is C23H25N5O5. The highest BCUT2D eigenvalue weighted by Crippen LogP contribution is 2.38. The van der Waals surface area contributed by atoms with Crippen molar-refractivity contribution in [2.45, 2.75) is 37.1 Å². The highest BCUT2D eigenvalue weighted by atomic mass is 16.7. The molecule has 1 N–H and O–H groups in total. The van der Waals surface area contributed by atoms with Crippen LogP contribution in [0.5, 0.6) is 23.3 Å². The van der Waals surface area contributed by atoms with Crippen molar-refractivity contribution in [3.63, 3.8) is 0 Å². The normalized spacial score (nSPS) is 25.3. The van der Waals surface area contributed by atoms with Crippen LogP contribution in [0.1, 0.15) is 18.0 Å². The molecule has 172 valence electrons. The topological polar surface area (TPSA) is 102 Å². The molecule has 6 rings (SSSR count). The summed E-state index contributed by atoms with van der Waals surface area (Å²) >= 11 is 0. The van der Waals surface area contributed by atoms with Gasteiger partial charge in [-0.1, -0.05) is 35.4 Å². The standard InChI is InChI=1S/C23H25N5O5/c1-2-5-15(6-3-1)7-4-10-24-17-12-29-22-18(13-30-21(17)22)28-23(25-26-27-28)33-16-8-9-19-20(11-16)32-14-31-19/h1-3,5-6,8-9,11,17-18,21-22,24H,4,7,10,12-14H2/t17-,18-,21+,22+/m0/s1. The minimum atomic E-state index is -0.162. The summed E-state index contributed by atoms with van der Waals surface area (Å²) in [5.41, 5.74) is 1.35. The number of tetrazole rings is 1. The molecule has 1 aromatic heterocycles. The second-order valence-corrected chi connectivity index (χ2v) is 8.34. The molecule has 0 unspecified atom stereocenters. The van der Waals surface area contributed by atoms with Gasteiger partial charge in [-0.2, -0.15) is 4.68 Å². The van der Waals surface area contributed by atoms with Crippen LogP contribution in [0.15, 0.2) is 48.5 Å². The van der Waals surface area contributed by atoms with Gasteiger partial charge in [0.2, 0.25) is 6.79 Å². The molecule has 0 spiro atoms. The van der Waals surface area contributed by atoms with E-state index in [1.54, 1.807) is 22.9 Å². The molecule has 0 saturated carbocycles. The van der Waals surface area contributed by atoms with Gasteiger partial charge in [0.15, 0.2) is 11.5 Å². The Kier molecular flexibility index (Phi) is 5.54. The van der Waals surface area contributed by atoms with E-state index >= 15 is 0 Å². The number of nitrogens with one attached hydrogen (secondary N) is 1. The van der Waals surface area contributed by atoms with E-state index in [2.05, 4.69) is 45.1 Å². The summed E-state index contributed by atoms with van der Waals surface area (Å²) in [6.45, 7) is 2.17. The first kappa shape index (κ1) is 20.4. The van der Waals surface area contributed by atoms with Crippen LogP contribution in [0.2, 0.25) is 0 Å². The predicted octanol–water partition coefficient (Wildman–Crippen LogP) is 2.12. The van der Waals surface area contributed by atoms with Crippen LogP contribution in [0.25, 0.3) is 0 Å². The van der Waals surface area contributed by atoms with E-state index in [0.29, 0.717) is 30.5 Å². The summed E-state index contributed by atoms with van der Waals surface area (Å²) in [4.78, 5) is 0. The van der Waals surface area contributed by atoms with Crippen LogP contribution < -0.4 is 19.5 Å². The van der Waals surface area contributed by atoms with Crippen LogP contribution in [0, 0.1) is 0 Å². The quantitative estimate of drug-likeness (QED) is 0.516. The fraction of sp³-hybridized carbons (Fsp3) is 0.435. The lowest BCUT2D eigenvalue weighted by atomic mass is 10.1. The van der Waals surface area contributed by atoms with Gasteiger partial charge >= 0.3 is 6.01 Å². The lowest BCUT2D eigenvalue weighted by molar-refractivity contribution is 0.0611. The zero-order valence-electron chi connectivity index (χ0n) is 18.0. The van der Waals surface area contributed by atoms with E-state index in [-0.39, 0.29) is 37.1 Å². The van der Waals surface area contributed by atoms with E-state index < -0.39 is 0 Å². The Morgan fingerprint density at radius 2 is 1.88 bits per heavy atom. The van der Waals surface area contributed by atoms with Gasteiger partial charge in [-0.25, -0.2) is 0 Å². The summed E-state index contributed by atoms with van der Waals surface area (Å²) < 4.78 is 30.6. The summed E-state index contributed by atoms with van der Waals surface area (Å²) in [5.74, 6) is 1.89. The molecule has 2 saturated heterocycles. The Hall–Kier alpha value is -3.21. The third-order valence-corrected chi connectivity index (χ3v) is 6.25. The van der Waals surface area contributed by atoms with Crippen molar-refractivity contribution >= 4 is 0 Å². The third kappa shape index (κ3) is 4.12. The second kappa shape index (κ2) is 8.97. The zero-order valence-corrected chi connectivity index (χ0v) is 18.0. The molecule has 2 fully saturated rings. The Morgan fingerprint density at radius 3 is 2.82 bits per heavy atom. The molecule has 10 heteroatoms. The van der Waals surface area contributed by atoms with Gasteiger partial charge in [0, 0.05) is 6.07 Å². The molecule has 0 bridgehead atoms. The highest BCUT2D eigenvalue weighted by Gasteiger charge is 2.49. The van der Waals surface area contributed by atoms with E-state index in [4.69, 9.17) is 23.7 Å². The zero-order chi connectivity index (χ0) is 22.0. The first-order valence-corrected chi connectivity index (χ1v) is 11.2. The van der Waals surface area contributed by atoms with Gasteiger partial charge in [0.05, 0.1) is 19.3 Å². The Balaban J connectivity index is 1.06. The molecule has 3 aromatic rings. The largest absolute Gasteiger partial charge is 0.454 e. The fourth-order valence-corrected chi connectivity index (χ4v) is 4.60. The van der Waals surface area contributed by atoms with Crippen LogP contribution >= 0.6 is 0 Å². The van der Waals surface area contributed by atoms with Crippen molar-refractivity contribution in [3.8, 4) is 23.3 Å². The third-order valence-electron chi connectivity index (χ3n) is 6.25. The van der Waals surface area contributed by atoms with Crippen molar-refractivity contribution in [1.29, 1.82) is 0 Å². The van der Waals surface area contributed by atoms with Gasteiger partial charge in [0.25, 0.3) is 0 Å². The van der Waals surface area contributed by atoms with E-state index in [0.717, 1.165) is 19.4 Å². The number of aryl methyl sites for hydroxylation is 1. The van der Waals surface area contributed by atoms with E-state index in [1.807, 2.05) is 6.07 Å². The van der Waals surface area contributed by atoms with Crippen molar-refractivity contribution < 1.29 is 23.7 Å². The van der Waals surface area contributed by atoms with Crippen molar-refractivity contribution in [3.05, 3.63) is 54.1 Å². The summed E-state index contributed by atoms with van der Waals surface area (Å²) in [7, 11) is 0. The molecule has 0 radical (unpaired) electrons. The summed E-state index contributed by atoms with van der Waals surface area (Å²) in [6, 6.07) is 16.1. The van der Waals surface area contributed by atoms with Crippen LogP contribution in [-0.2, 0) is 15.9 Å². The van der Waals surface area contributed by atoms with Gasteiger partial charge in [-0.15, -0.1) is 0 Å². The molecule has 33 heavy (non-hydrogen) atoms. The van der Waals surface area contributed by atoms with E-state index in [9.17, 15) is 0 Å². The van der Waals surface area contributed by atoms with E-state index in [1.165, 1.54) is 5.56 Å². The smallest absolute Gasteiger partial charge is 0.341 e. The van der Waals surface area contributed by atoms with Gasteiger partial charge in [-0.05, 0) is 47.5 Å².